The van der Waals surface area contributed by atoms with Crippen LogP contribution in [-0.2, 0) is 38.3 Å². The first-order chi connectivity index (χ1) is 36.6. The molecule has 4 N–H and O–H groups in total. The number of aliphatic hydroxyl groups excluding tert-OH is 3. The predicted octanol–water partition coefficient (Wildman–Crippen LogP) is 15.8. The molecule has 13 heteroatoms. The van der Waals surface area contributed by atoms with Crippen LogP contribution in [0, 0.1) is 0 Å². The van der Waals surface area contributed by atoms with Crippen molar-refractivity contribution >= 4 is 16.4 Å². The average molecular weight is 1080 g/mol. The maximum Gasteiger partial charge on any atom is 0.397 e. The second kappa shape index (κ2) is 52.7. The summed E-state index contributed by atoms with van der Waals surface area (Å²) in [6.45, 7) is 3.94. The molecule has 6 atom stereocenters. The number of hydrogen-bond acceptors (Lipinski definition) is 11. The Kier molecular flexibility index (Phi) is 50.0. The Hall–Kier alpha value is -1.94. The van der Waals surface area contributed by atoms with Crippen LogP contribution in [-0.4, -0.2) is 97.5 Å². The van der Waals surface area contributed by atoms with E-state index in [-0.39, 0.29) is 19.6 Å². The molecular formula is C62H114O12S. The van der Waals surface area contributed by atoms with Gasteiger partial charge in [-0.15, -0.1) is 0 Å². The van der Waals surface area contributed by atoms with Crippen molar-refractivity contribution in [1.29, 1.82) is 0 Å². The first kappa shape index (κ1) is 71.1. The van der Waals surface area contributed by atoms with Crippen molar-refractivity contribution in [3.63, 3.8) is 0 Å². The normalized spacial score (nSPS) is 18.9. The number of carbonyl (C=O) groups excluding carboxylic acids is 1. The van der Waals surface area contributed by atoms with Crippen molar-refractivity contribution in [3.8, 4) is 0 Å². The van der Waals surface area contributed by atoms with Gasteiger partial charge in [0, 0.05) is 13.0 Å². The molecule has 1 fully saturated rings. The zero-order valence-electron chi connectivity index (χ0n) is 47.9. The SMILES string of the molecule is CC/C=C\C/C=C\C/C=C\C/C=C\CCCCCCCCCCCCCCCOCC(COC1OC(CO)C(O)C(OS(=O)(=O)O)C1O)OC(=O)CCCCCCCCCCCCCCCCCCCCCCCC. The van der Waals surface area contributed by atoms with Gasteiger partial charge in [-0.1, -0.05) is 268 Å². The Labute approximate surface area is 459 Å². The lowest BCUT2D eigenvalue weighted by Crippen LogP contribution is -2.60. The molecule has 1 saturated heterocycles. The van der Waals surface area contributed by atoms with Crippen LogP contribution in [0.25, 0.3) is 0 Å². The van der Waals surface area contributed by atoms with Gasteiger partial charge in [-0.25, -0.2) is 4.18 Å². The van der Waals surface area contributed by atoms with Crippen LogP contribution in [0.5, 0.6) is 0 Å². The quantitative estimate of drug-likeness (QED) is 0.0196. The molecular weight excluding hydrogens is 969 g/mol. The number of carbonyl (C=O) groups is 1. The fourth-order valence-corrected chi connectivity index (χ4v) is 10.1. The zero-order valence-corrected chi connectivity index (χ0v) is 48.7. The number of allylic oxidation sites excluding steroid dienone is 8. The summed E-state index contributed by atoms with van der Waals surface area (Å²) < 4.78 is 59.5. The fraction of sp³-hybridized carbons (Fsp3) is 0.855. The highest BCUT2D eigenvalue weighted by Crippen LogP contribution is 2.26. The van der Waals surface area contributed by atoms with Crippen molar-refractivity contribution in [1.82, 2.24) is 0 Å². The topological polar surface area (TPSA) is 178 Å². The number of ether oxygens (including phenoxy) is 4. The number of esters is 1. The Morgan fingerprint density at radius 2 is 0.920 bits per heavy atom. The summed E-state index contributed by atoms with van der Waals surface area (Å²) in [5.74, 6) is -0.393. The highest BCUT2D eigenvalue weighted by molar-refractivity contribution is 7.80. The lowest BCUT2D eigenvalue weighted by atomic mass is 9.99. The number of rotatable bonds is 55. The number of aliphatic hydroxyl groups is 3. The second-order valence-corrected chi connectivity index (χ2v) is 22.3. The Morgan fingerprint density at radius 1 is 0.520 bits per heavy atom. The van der Waals surface area contributed by atoms with Crippen LogP contribution >= 0.6 is 0 Å². The Balaban J connectivity index is 2.25. The van der Waals surface area contributed by atoms with Gasteiger partial charge in [0.2, 0.25) is 0 Å². The van der Waals surface area contributed by atoms with Crippen LogP contribution in [0.4, 0.5) is 0 Å². The van der Waals surface area contributed by atoms with Gasteiger partial charge in [0.05, 0.1) is 19.8 Å². The molecule has 75 heavy (non-hydrogen) atoms. The lowest BCUT2D eigenvalue weighted by Gasteiger charge is -2.41. The van der Waals surface area contributed by atoms with Crippen LogP contribution in [0.2, 0.25) is 0 Å². The summed E-state index contributed by atoms with van der Waals surface area (Å²) in [6, 6.07) is 0. The third kappa shape index (κ3) is 45.6. The Morgan fingerprint density at radius 3 is 1.35 bits per heavy atom. The average Bonchev–Trinajstić information content (AvgIpc) is 3.39. The molecule has 1 aliphatic heterocycles. The standard InChI is InChI=1S/C62H114O12S/c1-3-5-7-9-11-13-15-17-19-21-23-25-27-28-29-30-32-34-36-38-40-42-44-46-48-50-52-70-54-56(55-71-62-60(66)61(74-75(67,68)69)59(65)57(53-63)73-62)72-58(64)51-49-47-45-43-41-39-37-35-33-31-26-24-22-20-18-16-14-12-10-8-6-4-2/h5,7,11,13,17,19,23,25,56-57,59-63,65-66H,3-4,6,8-10,12,14-16,18,20-22,24,26-55H2,1-2H3,(H,67,68,69)/b7-5-,13-11-,19-17-,25-23-. The number of hydrogen-bond donors (Lipinski definition) is 4. The van der Waals surface area contributed by atoms with Crippen LogP contribution in [0.1, 0.15) is 277 Å². The van der Waals surface area contributed by atoms with Gasteiger partial charge in [-0.05, 0) is 51.4 Å². The largest absolute Gasteiger partial charge is 0.457 e. The summed E-state index contributed by atoms with van der Waals surface area (Å²) in [5, 5.41) is 30.9. The monoisotopic (exact) mass is 1080 g/mol. The molecule has 0 aromatic carbocycles. The zero-order chi connectivity index (χ0) is 54.6. The van der Waals surface area contributed by atoms with Crippen LogP contribution in [0.15, 0.2) is 48.6 Å². The summed E-state index contributed by atoms with van der Waals surface area (Å²) in [6.07, 6.45) is 58.7. The van der Waals surface area contributed by atoms with E-state index in [0.29, 0.717) is 13.0 Å². The third-order valence-corrected chi connectivity index (χ3v) is 14.7. The molecule has 1 heterocycles. The van der Waals surface area contributed by atoms with Crippen molar-refractivity contribution in [3.05, 3.63) is 48.6 Å². The van der Waals surface area contributed by atoms with E-state index in [1.165, 1.54) is 186 Å². The maximum atomic E-state index is 13.0. The van der Waals surface area contributed by atoms with E-state index in [1.807, 2.05) is 0 Å². The van der Waals surface area contributed by atoms with Crippen molar-refractivity contribution < 1.29 is 56.2 Å². The van der Waals surface area contributed by atoms with Gasteiger partial charge in [0.25, 0.3) is 0 Å². The summed E-state index contributed by atoms with van der Waals surface area (Å²) in [5.41, 5.74) is 0. The van der Waals surface area contributed by atoms with E-state index in [1.54, 1.807) is 0 Å². The van der Waals surface area contributed by atoms with Crippen molar-refractivity contribution in [2.45, 2.75) is 314 Å². The van der Waals surface area contributed by atoms with Gasteiger partial charge in [0.15, 0.2) is 6.29 Å². The molecule has 0 aromatic heterocycles. The molecule has 440 valence electrons. The minimum Gasteiger partial charge on any atom is -0.457 e. The molecule has 0 amide bonds. The van der Waals surface area contributed by atoms with E-state index >= 15 is 0 Å². The second-order valence-electron chi connectivity index (χ2n) is 21.3. The first-order valence-electron chi connectivity index (χ1n) is 30.9. The smallest absolute Gasteiger partial charge is 0.397 e. The number of unbranched alkanes of at least 4 members (excludes halogenated alkanes) is 34. The predicted molar refractivity (Wildman–Crippen MR) is 308 cm³/mol. The minimum absolute atomic E-state index is 0.0379. The van der Waals surface area contributed by atoms with E-state index in [4.69, 9.17) is 18.9 Å². The van der Waals surface area contributed by atoms with E-state index in [9.17, 15) is 33.1 Å². The van der Waals surface area contributed by atoms with Crippen LogP contribution in [0.3, 0.4) is 0 Å². The fourth-order valence-electron chi connectivity index (χ4n) is 9.61. The van der Waals surface area contributed by atoms with Crippen LogP contribution < -0.4 is 0 Å². The molecule has 12 nitrogen and oxygen atoms in total. The van der Waals surface area contributed by atoms with E-state index in [0.717, 1.165) is 64.2 Å². The lowest BCUT2D eigenvalue weighted by molar-refractivity contribution is -0.301. The van der Waals surface area contributed by atoms with Gasteiger partial charge in [-0.3, -0.25) is 9.35 Å². The van der Waals surface area contributed by atoms with Crippen molar-refractivity contribution in [2.24, 2.45) is 0 Å². The van der Waals surface area contributed by atoms with E-state index in [2.05, 4.69) is 66.6 Å². The molecule has 1 rings (SSSR count). The molecule has 0 spiro atoms. The van der Waals surface area contributed by atoms with Gasteiger partial charge >= 0.3 is 16.4 Å². The summed E-state index contributed by atoms with van der Waals surface area (Å²) in [7, 11) is -5.07. The highest BCUT2D eigenvalue weighted by Gasteiger charge is 2.48. The minimum atomic E-state index is -5.07. The highest BCUT2D eigenvalue weighted by atomic mass is 32.3. The molecule has 0 bridgehead atoms. The van der Waals surface area contributed by atoms with E-state index < -0.39 is 59.8 Å². The van der Waals surface area contributed by atoms with Crippen molar-refractivity contribution in [2.75, 3.05) is 26.4 Å². The van der Waals surface area contributed by atoms with Gasteiger partial charge in [0.1, 0.15) is 30.5 Å². The summed E-state index contributed by atoms with van der Waals surface area (Å²) in [4.78, 5) is 13.0. The molecule has 1 aliphatic rings. The molecule has 6 unspecified atom stereocenters. The summed E-state index contributed by atoms with van der Waals surface area (Å²) >= 11 is 0. The third-order valence-electron chi connectivity index (χ3n) is 14.2. The molecule has 0 aliphatic carbocycles. The van der Waals surface area contributed by atoms with Gasteiger partial charge < -0.3 is 34.3 Å². The first-order valence-corrected chi connectivity index (χ1v) is 32.3. The molecule has 0 radical (unpaired) electrons. The Bertz CT molecular complexity index is 1480. The maximum absolute atomic E-state index is 13.0. The molecule has 0 saturated carbocycles. The molecule has 0 aromatic rings. The van der Waals surface area contributed by atoms with Gasteiger partial charge in [-0.2, -0.15) is 8.42 Å².